The molecular formula is C17H19N3O. The van der Waals surface area contributed by atoms with Gasteiger partial charge in [0.1, 0.15) is 0 Å². The third-order valence-electron chi connectivity index (χ3n) is 3.74. The fourth-order valence-electron chi connectivity index (χ4n) is 2.42. The molecule has 4 heteroatoms. The molecule has 1 amide bonds. The van der Waals surface area contributed by atoms with E-state index >= 15 is 0 Å². The summed E-state index contributed by atoms with van der Waals surface area (Å²) in [7, 11) is 0. The van der Waals surface area contributed by atoms with Crippen molar-refractivity contribution in [2.24, 2.45) is 0 Å². The van der Waals surface area contributed by atoms with E-state index in [1.165, 1.54) is 0 Å². The standard InChI is InChI=1S/C17H19N3O/c21-17(7-4-14-8-11-18-12-9-14)20(16-5-6-16)13-15-3-1-2-10-19-15/h1-3,8-12,16H,4-7,13H2. The molecule has 21 heavy (non-hydrogen) atoms. The molecule has 0 aliphatic heterocycles. The topological polar surface area (TPSA) is 46.1 Å². The van der Waals surface area contributed by atoms with Crippen LogP contribution in [0.5, 0.6) is 0 Å². The smallest absolute Gasteiger partial charge is 0.223 e. The van der Waals surface area contributed by atoms with Crippen LogP contribution >= 0.6 is 0 Å². The molecule has 2 aromatic heterocycles. The molecule has 0 N–H and O–H groups in total. The van der Waals surface area contributed by atoms with Gasteiger partial charge in [0, 0.05) is 31.1 Å². The summed E-state index contributed by atoms with van der Waals surface area (Å²) < 4.78 is 0. The third-order valence-corrected chi connectivity index (χ3v) is 3.74. The second-order valence-electron chi connectivity index (χ2n) is 5.43. The van der Waals surface area contributed by atoms with E-state index < -0.39 is 0 Å². The van der Waals surface area contributed by atoms with Crippen LogP contribution in [0.4, 0.5) is 0 Å². The molecule has 0 unspecified atom stereocenters. The summed E-state index contributed by atoms with van der Waals surface area (Å²) in [6, 6.07) is 10.2. The molecule has 1 aliphatic carbocycles. The molecule has 2 heterocycles. The van der Waals surface area contributed by atoms with Gasteiger partial charge in [0.25, 0.3) is 0 Å². The Morgan fingerprint density at radius 1 is 1.14 bits per heavy atom. The van der Waals surface area contributed by atoms with Gasteiger partial charge in [-0.05, 0) is 49.1 Å². The van der Waals surface area contributed by atoms with E-state index in [0.29, 0.717) is 19.0 Å². The Balaban J connectivity index is 1.60. The highest BCUT2D eigenvalue weighted by Crippen LogP contribution is 2.28. The summed E-state index contributed by atoms with van der Waals surface area (Å²) in [5, 5.41) is 0. The van der Waals surface area contributed by atoms with Crippen LogP contribution in [0, 0.1) is 0 Å². The van der Waals surface area contributed by atoms with Crippen molar-refractivity contribution in [2.45, 2.75) is 38.3 Å². The molecule has 4 nitrogen and oxygen atoms in total. The maximum absolute atomic E-state index is 12.5. The number of carbonyl (C=O) groups excluding carboxylic acids is 1. The molecule has 0 radical (unpaired) electrons. The van der Waals surface area contributed by atoms with Crippen molar-refractivity contribution in [3.63, 3.8) is 0 Å². The number of carbonyl (C=O) groups is 1. The zero-order valence-electron chi connectivity index (χ0n) is 12.0. The maximum Gasteiger partial charge on any atom is 0.223 e. The summed E-state index contributed by atoms with van der Waals surface area (Å²) in [5.41, 5.74) is 2.12. The highest BCUT2D eigenvalue weighted by atomic mass is 16.2. The molecule has 1 saturated carbocycles. The number of pyridine rings is 2. The largest absolute Gasteiger partial charge is 0.334 e. The van der Waals surface area contributed by atoms with Gasteiger partial charge in [-0.15, -0.1) is 0 Å². The molecule has 3 rings (SSSR count). The summed E-state index contributed by atoms with van der Waals surface area (Å²) in [4.78, 5) is 22.8. The normalized spacial score (nSPS) is 13.9. The monoisotopic (exact) mass is 281 g/mol. The Bertz CT molecular complexity index is 581. The summed E-state index contributed by atoms with van der Waals surface area (Å²) in [6.45, 7) is 0.626. The van der Waals surface area contributed by atoms with Crippen molar-refractivity contribution in [1.29, 1.82) is 0 Å². The molecule has 0 saturated heterocycles. The molecule has 2 aromatic rings. The summed E-state index contributed by atoms with van der Waals surface area (Å²) in [5.74, 6) is 0.222. The van der Waals surface area contributed by atoms with Gasteiger partial charge in [-0.1, -0.05) is 6.07 Å². The lowest BCUT2D eigenvalue weighted by molar-refractivity contribution is -0.132. The highest BCUT2D eigenvalue weighted by molar-refractivity contribution is 5.77. The lowest BCUT2D eigenvalue weighted by Crippen LogP contribution is -2.33. The van der Waals surface area contributed by atoms with Crippen LogP contribution in [0.15, 0.2) is 48.9 Å². The van der Waals surface area contributed by atoms with Gasteiger partial charge in [0.15, 0.2) is 0 Å². The second kappa shape index (κ2) is 6.48. The predicted molar refractivity (Wildman–Crippen MR) is 80.4 cm³/mol. The summed E-state index contributed by atoms with van der Waals surface area (Å²) in [6.07, 6.45) is 8.88. The van der Waals surface area contributed by atoms with Crippen LogP contribution in [0.3, 0.4) is 0 Å². The molecule has 0 aromatic carbocycles. The van der Waals surface area contributed by atoms with Crippen LogP contribution < -0.4 is 0 Å². The average molecular weight is 281 g/mol. The van der Waals surface area contributed by atoms with Crippen LogP contribution in [0.25, 0.3) is 0 Å². The first kappa shape index (κ1) is 13.7. The average Bonchev–Trinajstić information content (AvgIpc) is 3.37. The minimum absolute atomic E-state index is 0.222. The van der Waals surface area contributed by atoms with Gasteiger partial charge in [-0.3, -0.25) is 14.8 Å². The van der Waals surface area contributed by atoms with Crippen molar-refractivity contribution in [1.82, 2.24) is 14.9 Å². The Morgan fingerprint density at radius 3 is 2.62 bits per heavy atom. The molecule has 108 valence electrons. The fourth-order valence-corrected chi connectivity index (χ4v) is 2.42. The van der Waals surface area contributed by atoms with E-state index in [0.717, 1.165) is 30.5 Å². The van der Waals surface area contributed by atoms with Gasteiger partial charge < -0.3 is 4.90 Å². The minimum atomic E-state index is 0.222. The van der Waals surface area contributed by atoms with Crippen molar-refractivity contribution >= 4 is 5.91 Å². The molecule has 1 fully saturated rings. The number of hydrogen-bond acceptors (Lipinski definition) is 3. The Labute approximate surface area is 124 Å². The number of rotatable bonds is 6. The van der Waals surface area contributed by atoms with Gasteiger partial charge in [0.05, 0.1) is 12.2 Å². The van der Waals surface area contributed by atoms with Gasteiger partial charge in [-0.25, -0.2) is 0 Å². The quantitative estimate of drug-likeness (QED) is 0.817. The minimum Gasteiger partial charge on any atom is -0.334 e. The predicted octanol–water partition coefficient (Wildman–Crippen LogP) is 2.60. The van der Waals surface area contributed by atoms with Crippen LogP contribution in [0.2, 0.25) is 0 Å². The second-order valence-corrected chi connectivity index (χ2v) is 5.43. The van der Waals surface area contributed by atoms with E-state index in [9.17, 15) is 4.79 Å². The first-order valence-corrected chi connectivity index (χ1v) is 7.41. The number of aryl methyl sites for hydroxylation is 1. The van der Waals surface area contributed by atoms with E-state index in [4.69, 9.17) is 0 Å². The van der Waals surface area contributed by atoms with E-state index in [1.54, 1.807) is 18.6 Å². The van der Waals surface area contributed by atoms with Crippen LogP contribution in [-0.2, 0) is 17.8 Å². The number of amides is 1. The number of nitrogens with zero attached hydrogens (tertiary/aromatic N) is 3. The number of aromatic nitrogens is 2. The highest BCUT2D eigenvalue weighted by Gasteiger charge is 2.32. The Morgan fingerprint density at radius 2 is 1.95 bits per heavy atom. The lowest BCUT2D eigenvalue weighted by atomic mass is 10.1. The molecule has 0 bridgehead atoms. The van der Waals surface area contributed by atoms with Gasteiger partial charge in [0.2, 0.25) is 5.91 Å². The molecule has 0 spiro atoms. The SMILES string of the molecule is O=C(CCc1ccncc1)N(Cc1ccccn1)C1CC1. The van der Waals surface area contributed by atoms with Crippen LogP contribution in [-0.4, -0.2) is 26.8 Å². The van der Waals surface area contributed by atoms with Crippen molar-refractivity contribution in [3.05, 3.63) is 60.2 Å². The van der Waals surface area contributed by atoms with E-state index in [1.807, 2.05) is 35.2 Å². The third kappa shape index (κ3) is 3.88. The van der Waals surface area contributed by atoms with E-state index in [2.05, 4.69) is 9.97 Å². The first-order chi connectivity index (χ1) is 10.3. The summed E-state index contributed by atoms with van der Waals surface area (Å²) >= 11 is 0. The molecular weight excluding hydrogens is 262 g/mol. The van der Waals surface area contributed by atoms with Crippen LogP contribution in [0.1, 0.15) is 30.5 Å². The Hall–Kier alpha value is -2.23. The van der Waals surface area contributed by atoms with Crippen molar-refractivity contribution in [3.8, 4) is 0 Å². The lowest BCUT2D eigenvalue weighted by Gasteiger charge is -2.22. The maximum atomic E-state index is 12.5. The molecule has 1 aliphatic rings. The van der Waals surface area contributed by atoms with Crippen molar-refractivity contribution in [2.75, 3.05) is 0 Å². The number of hydrogen-bond donors (Lipinski definition) is 0. The zero-order chi connectivity index (χ0) is 14.5. The van der Waals surface area contributed by atoms with Gasteiger partial charge in [-0.2, -0.15) is 0 Å². The zero-order valence-corrected chi connectivity index (χ0v) is 12.0. The fraction of sp³-hybridized carbons (Fsp3) is 0.353. The first-order valence-electron chi connectivity index (χ1n) is 7.41. The Kier molecular flexibility index (Phi) is 4.24. The van der Waals surface area contributed by atoms with Gasteiger partial charge >= 0.3 is 0 Å². The molecule has 0 atom stereocenters. The van der Waals surface area contributed by atoms with Crippen molar-refractivity contribution < 1.29 is 4.79 Å². The van der Waals surface area contributed by atoms with E-state index in [-0.39, 0.29) is 5.91 Å².